The minimum Gasteiger partial charge on any atom is -0.455 e. The average molecular weight is 307 g/mol. The van der Waals surface area contributed by atoms with Gasteiger partial charge >= 0.3 is 0 Å². The molecule has 0 atom stereocenters. The molecule has 1 aromatic heterocycles. The SMILES string of the molecule is O=C(CCc1cnc[nH]1)Nc1ccccc1Oc1ccccc1. The third kappa shape index (κ3) is 4.20. The summed E-state index contributed by atoms with van der Waals surface area (Å²) in [5.74, 6) is 1.28. The van der Waals surface area contributed by atoms with Crippen LogP contribution in [0.1, 0.15) is 12.1 Å². The molecule has 0 saturated carbocycles. The van der Waals surface area contributed by atoms with E-state index in [1.54, 1.807) is 12.5 Å². The van der Waals surface area contributed by atoms with Crippen molar-refractivity contribution in [3.63, 3.8) is 0 Å². The number of benzene rings is 2. The van der Waals surface area contributed by atoms with Crippen LogP contribution in [0.3, 0.4) is 0 Å². The van der Waals surface area contributed by atoms with Crippen LogP contribution in [0.15, 0.2) is 67.1 Å². The Morgan fingerprint density at radius 2 is 1.87 bits per heavy atom. The minimum atomic E-state index is -0.0660. The molecule has 0 aliphatic carbocycles. The predicted octanol–water partition coefficient (Wildman–Crippen LogP) is 3.77. The largest absolute Gasteiger partial charge is 0.455 e. The van der Waals surface area contributed by atoms with E-state index in [1.165, 1.54) is 0 Å². The molecule has 0 radical (unpaired) electrons. The van der Waals surface area contributed by atoms with Gasteiger partial charge in [-0.3, -0.25) is 4.79 Å². The molecule has 1 heterocycles. The van der Waals surface area contributed by atoms with E-state index in [1.807, 2.05) is 54.6 Å². The summed E-state index contributed by atoms with van der Waals surface area (Å²) in [6.07, 6.45) is 4.32. The van der Waals surface area contributed by atoms with Crippen molar-refractivity contribution in [3.05, 3.63) is 72.8 Å². The first-order chi connectivity index (χ1) is 11.3. The summed E-state index contributed by atoms with van der Waals surface area (Å²) in [7, 11) is 0. The van der Waals surface area contributed by atoms with E-state index >= 15 is 0 Å². The number of anilines is 1. The average Bonchev–Trinajstić information content (AvgIpc) is 3.09. The number of hydrogen-bond donors (Lipinski definition) is 2. The lowest BCUT2D eigenvalue weighted by Crippen LogP contribution is -2.13. The van der Waals surface area contributed by atoms with Gasteiger partial charge in [0.15, 0.2) is 5.75 Å². The Labute approximate surface area is 134 Å². The Morgan fingerprint density at radius 3 is 2.65 bits per heavy atom. The zero-order valence-corrected chi connectivity index (χ0v) is 12.5. The van der Waals surface area contributed by atoms with Crippen molar-refractivity contribution in [2.24, 2.45) is 0 Å². The zero-order valence-electron chi connectivity index (χ0n) is 12.5. The van der Waals surface area contributed by atoms with Crippen LogP contribution in [0.2, 0.25) is 0 Å². The van der Waals surface area contributed by atoms with Crippen molar-refractivity contribution in [2.75, 3.05) is 5.32 Å². The number of nitrogens with one attached hydrogen (secondary N) is 2. The summed E-state index contributed by atoms with van der Waals surface area (Å²) >= 11 is 0. The number of aromatic amines is 1. The number of imidazole rings is 1. The number of hydrogen-bond acceptors (Lipinski definition) is 3. The summed E-state index contributed by atoms with van der Waals surface area (Å²) < 4.78 is 5.83. The van der Waals surface area contributed by atoms with E-state index in [-0.39, 0.29) is 5.91 Å². The second-order valence-electron chi connectivity index (χ2n) is 5.04. The highest BCUT2D eigenvalue weighted by Gasteiger charge is 2.09. The number of carbonyl (C=O) groups is 1. The van der Waals surface area contributed by atoms with Gasteiger partial charge < -0.3 is 15.0 Å². The van der Waals surface area contributed by atoms with Gasteiger partial charge in [0, 0.05) is 18.3 Å². The number of aromatic nitrogens is 2. The number of nitrogens with zero attached hydrogens (tertiary/aromatic N) is 1. The van der Waals surface area contributed by atoms with Crippen LogP contribution in [-0.2, 0) is 11.2 Å². The molecule has 116 valence electrons. The lowest BCUT2D eigenvalue weighted by molar-refractivity contribution is -0.116. The fraction of sp³-hybridized carbons (Fsp3) is 0.111. The molecule has 0 aliphatic rings. The molecule has 0 saturated heterocycles. The van der Waals surface area contributed by atoms with Gasteiger partial charge in [-0.15, -0.1) is 0 Å². The van der Waals surface area contributed by atoms with Gasteiger partial charge in [-0.1, -0.05) is 30.3 Å². The third-order valence-electron chi connectivity index (χ3n) is 3.31. The minimum absolute atomic E-state index is 0.0660. The van der Waals surface area contributed by atoms with Gasteiger partial charge in [0.2, 0.25) is 5.91 Å². The van der Waals surface area contributed by atoms with Crippen LogP contribution in [-0.4, -0.2) is 15.9 Å². The fourth-order valence-corrected chi connectivity index (χ4v) is 2.16. The van der Waals surface area contributed by atoms with Crippen LogP contribution >= 0.6 is 0 Å². The summed E-state index contributed by atoms with van der Waals surface area (Å²) in [6, 6.07) is 16.9. The summed E-state index contributed by atoms with van der Waals surface area (Å²) in [5, 5.41) is 2.89. The highest BCUT2D eigenvalue weighted by molar-refractivity contribution is 5.92. The molecule has 3 aromatic rings. The van der Waals surface area contributed by atoms with Crippen LogP contribution in [0.25, 0.3) is 0 Å². The standard InChI is InChI=1S/C18H17N3O2/c22-18(11-10-14-12-19-13-20-14)21-16-8-4-5-9-17(16)23-15-6-2-1-3-7-15/h1-9,12-13H,10-11H2,(H,19,20)(H,21,22). The van der Waals surface area contributed by atoms with E-state index in [0.717, 1.165) is 11.4 Å². The van der Waals surface area contributed by atoms with E-state index in [4.69, 9.17) is 4.74 Å². The van der Waals surface area contributed by atoms with Crippen molar-refractivity contribution in [1.29, 1.82) is 0 Å². The summed E-state index contributed by atoms with van der Waals surface area (Å²) in [6.45, 7) is 0. The maximum atomic E-state index is 12.1. The molecule has 5 nitrogen and oxygen atoms in total. The van der Waals surface area contributed by atoms with Crippen LogP contribution in [0.5, 0.6) is 11.5 Å². The van der Waals surface area contributed by atoms with Crippen molar-refractivity contribution in [3.8, 4) is 11.5 Å². The Bertz CT molecular complexity index is 755. The zero-order chi connectivity index (χ0) is 15.9. The molecular formula is C18H17N3O2. The summed E-state index contributed by atoms with van der Waals surface area (Å²) in [4.78, 5) is 19.0. The Morgan fingerprint density at radius 1 is 1.09 bits per heavy atom. The number of ether oxygens (including phenoxy) is 1. The van der Waals surface area contributed by atoms with Crippen molar-refractivity contribution < 1.29 is 9.53 Å². The summed E-state index contributed by atoms with van der Waals surface area (Å²) in [5.41, 5.74) is 1.60. The number of para-hydroxylation sites is 3. The Balaban J connectivity index is 1.64. The molecule has 1 amide bonds. The van der Waals surface area contributed by atoms with Crippen molar-refractivity contribution in [1.82, 2.24) is 9.97 Å². The van der Waals surface area contributed by atoms with Crippen LogP contribution < -0.4 is 10.1 Å². The van der Waals surface area contributed by atoms with Gasteiger partial charge in [0.05, 0.1) is 12.0 Å². The molecule has 2 aromatic carbocycles. The maximum absolute atomic E-state index is 12.1. The number of H-pyrrole nitrogens is 1. The molecule has 5 heteroatoms. The molecule has 0 unspecified atom stereocenters. The first kappa shape index (κ1) is 14.8. The van der Waals surface area contributed by atoms with Gasteiger partial charge in [0.1, 0.15) is 5.75 Å². The van der Waals surface area contributed by atoms with E-state index in [2.05, 4.69) is 15.3 Å². The Kier molecular flexibility index (Phi) is 4.69. The van der Waals surface area contributed by atoms with Crippen molar-refractivity contribution >= 4 is 11.6 Å². The molecule has 2 N–H and O–H groups in total. The van der Waals surface area contributed by atoms with Gasteiger partial charge in [0.25, 0.3) is 0 Å². The fourth-order valence-electron chi connectivity index (χ4n) is 2.16. The van der Waals surface area contributed by atoms with E-state index < -0.39 is 0 Å². The highest BCUT2D eigenvalue weighted by atomic mass is 16.5. The van der Waals surface area contributed by atoms with E-state index in [0.29, 0.717) is 24.3 Å². The number of carbonyl (C=O) groups excluding carboxylic acids is 1. The lowest BCUT2D eigenvalue weighted by atomic mass is 10.2. The number of amides is 1. The highest BCUT2D eigenvalue weighted by Crippen LogP contribution is 2.29. The second-order valence-corrected chi connectivity index (χ2v) is 5.04. The monoisotopic (exact) mass is 307 g/mol. The molecule has 0 spiro atoms. The molecule has 23 heavy (non-hydrogen) atoms. The topological polar surface area (TPSA) is 67.0 Å². The molecular weight excluding hydrogens is 290 g/mol. The lowest BCUT2D eigenvalue weighted by Gasteiger charge is -2.12. The smallest absolute Gasteiger partial charge is 0.224 e. The molecule has 0 bridgehead atoms. The van der Waals surface area contributed by atoms with Gasteiger partial charge in [-0.25, -0.2) is 4.98 Å². The third-order valence-corrected chi connectivity index (χ3v) is 3.31. The predicted molar refractivity (Wildman–Crippen MR) is 88.5 cm³/mol. The van der Waals surface area contributed by atoms with E-state index in [9.17, 15) is 4.79 Å². The molecule has 0 fully saturated rings. The first-order valence-corrected chi connectivity index (χ1v) is 7.40. The van der Waals surface area contributed by atoms with Gasteiger partial charge in [-0.05, 0) is 30.7 Å². The molecule has 3 rings (SSSR count). The van der Waals surface area contributed by atoms with Gasteiger partial charge in [-0.2, -0.15) is 0 Å². The molecule has 0 aliphatic heterocycles. The Hall–Kier alpha value is -3.08. The number of rotatable bonds is 6. The maximum Gasteiger partial charge on any atom is 0.224 e. The van der Waals surface area contributed by atoms with Crippen LogP contribution in [0, 0.1) is 0 Å². The van der Waals surface area contributed by atoms with Crippen molar-refractivity contribution in [2.45, 2.75) is 12.8 Å². The first-order valence-electron chi connectivity index (χ1n) is 7.40. The number of aryl methyl sites for hydroxylation is 1. The normalized spacial score (nSPS) is 10.3. The second kappa shape index (κ2) is 7.26. The van der Waals surface area contributed by atoms with Crippen LogP contribution in [0.4, 0.5) is 5.69 Å². The quantitative estimate of drug-likeness (QED) is 0.728.